The number of carbonyl (C=O) groups is 1. The quantitative estimate of drug-likeness (QED) is 0.795. The first-order chi connectivity index (χ1) is 10.1. The molecule has 0 saturated carbocycles. The summed E-state index contributed by atoms with van der Waals surface area (Å²) in [6.07, 6.45) is 1.26. The van der Waals surface area contributed by atoms with E-state index in [9.17, 15) is 9.59 Å². The highest BCUT2D eigenvalue weighted by atomic mass is 16.4. The third-order valence-electron chi connectivity index (χ3n) is 3.31. The van der Waals surface area contributed by atoms with Crippen molar-refractivity contribution < 1.29 is 14.3 Å². The second kappa shape index (κ2) is 4.90. The summed E-state index contributed by atoms with van der Waals surface area (Å²) in [5.74, 6) is -0.688. The molecule has 0 aliphatic carbocycles. The minimum atomic E-state index is -1.11. The number of benzene rings is 1. The minimum absolute atomic E-state index is 0.104. The number of hydrogen-bond acceptors (Lipinski definition) is 4. The maximum absolute atomic E-state index is 11.8. The van der Waals surface area contributed by atoms with Crippen LogP contribution >= 0.6 is 0 Å². The lowest BCUT2D eigenvalue weighted by atomic mass is 10.2. The molecule has 0 atom stereocenters. The number of aromatic carboxylic acids is 1. The molecule has 0 saturated heterocycles. The first-order valence-corrected chi connectivity index (χ1v) is 6.34. The third-order valence-corrected chi connectivity index (χ3v) is 3.31. The van der Waals surface area contributed by atoms with Gasteiger partial charge in [0.15, 0.2) is 0 Å². The van der Waals surface area contributed by atoms with Gasteiger partial charge in [-0.15, -0.1) is 0 Å². The normalized spacial score (nSPS) is 10.9. The number of rotatable bonds is 3. The van der Waals surface area contributed by atoms with Gasteiger partial charge in [-0.2, -0.15) is 5.10 Å². The first kappa shape index (κ1) is 13.1. The van der Waals surface area contributed by atoms with Crippen LogP contribution in [0.1, 0.15) is 21.9 Å². The maximum atomic E-state index is 11.8. The van der Waals surface area contributed by atoms with Crippen LogP contribution in [0.5, 0.6) is 0 Å². The zero-order valence-electron chi connectivity index (χ0n) is 11.2. The average molecular weight is 284 g/mol. The number of carboxylic acids is 1. The molecular formula is C15H12N2O4. The van der Waals surface area contributed by atoms with Crippen LogP contribution in [0, 0.1) is 6.92 Å². The molecule has 21 heavy (non-hydrogen) atoms. The van der Waals surface area contributed by atoms with E-state index in [1.54, 1.807) is 29.8 Å². The smallest absolute Gasteiger partial charge is 0.371 e. The fourth-order valence-corrected chi connectivity index (χ4v) is 2.23. The van der Waals surface area contributed by atoms with Crippen molar-refractivity contribution in [3.8, 4) is 0 Å². The number of aromatic nitrogens is 2. The zero-order chi connectivity index (χ0) is 15.0. The standard InChI is InChI=1S/C15H12N2O4/c1-9-10(6-14(21-9)15(19)20)8-17-12-5-3-2-4-11(12)13(18)7-16-17/h2-7H,8H2,1H3,(H,19,20). The molecule has 0 bridgehead atoms. The van der Waals surface area contributed by atoms with Gasteiger partial charge in [0.05, 0.1) is 18.3 Å². The molecule has 0 aliphatic heterocycles. The van der Waals surface area contributed by atoms with Crippen molar-refractivity contribution in [2.75, 3.05) is 0 Å². The molecule has 106 valence electrons. The molecular weight excluding hydrogens is 272 g/mol. The summed E-state index contributed by atoms with van der Waals surface area (Å²) in [5, 5.41) is 13.6. The van der Waals surface area contributed by atoms with Gasteiger partial charge >= 0.3 is 5.97 Å². The van der Waals surface area contributed by atoms with Crippen LogP contribution in [0.4, 0.5) is 0 Å². The van der Waals surface area contributed by atoms with Gasteiger partial charge < -0.3 is 9.52 Å². The van der Waals surface area contributed by atoms with Crippen LogP contribution in [0.15, 0.2) is 45.7 Å². The molecule has 2 aromatic heterocycles. The fraction of sp³-hybridized carbons (Fsp3) is 0.133. The summed E-state index contributed by atoms with van der Waals surface area (Å²) in [6.45, 7) is 2.04. The van der Waals surface area contributed by atoms with Gasteiger partial charge in [0.2, 0.25) is 11.2 Å². The Morgan fingerprint density at radius 3 is 2.86 bits per heavy atom. The summed E-state index contributed by atoms with van der Waals surface area (Å²) in [5.41, 5.74) is 1.27. The van der Waals surface area contributed by atoms with E-state index in [-0.39, 0.29) is 11.2 Å². The van der Waals surface area contributed by atoms with Crippen molar-refractivity contribution >= 4 is 16.9 Å². The van der Waals surface area contributed by atoms with Gasteiger partial charge in [0.1, 0.15) is 5.76 Å². The van der Waals surface area contributed by atoms with E-state index >= 15 is 0 Å². The summed E-state index contributed by atoms with van der Waals surface area (Å²) in [7, 11) is 0. The Labute approximate surface area is 119 Å². The van der Waals surface area contributed by atoms with Crippen LogP contribution < -0.4 is 5.43 Å². The first-order valence-electron chi connectivity index (χ1n) is 6.34. The summed E-state index contributed by atoms with van der Waals surface area (Å²) in [4.78, 5) is 22.7. The Morgan fingerprint density at radius 2 is 2.14 bits per heavy atom. The molecule has 0 aliphatic rings. The largest absolute Gasteiger partial charge is 0.475 e. The number of furan rings is 1. The van der Waals surface area contributed by atoms with E-state index in [1.165, 1.54) is 12.3 Å². The van der Waals surface area contributed by atoms with E-state index in [4.69, 9.17) is 9.52 Å². The van der Waals surface area contributed by atoms with Crippen LogP contribution in [0.25, 0.3) is 10.9 Å². The van der Waals surface area contributed by atoms with Crippen molar-refractivity contribution in [3.63, 3.8) is 0 Å². The van der Waals surface area contributed by atoms with Crippen LogP contribution in [0.3, 0.4) is 0 Å². The van der Waals surface area contributed by atoms with Gasteiger partial charge in [0, 0.05) is 10.9 Å². The van der Waals surface area contributed by atoms with E-state index in [0.717, 1.165) is 0 Å². The highest BCUT2D eigenvalue weighted by Crippen LogP contribution is 2.17. The Kier molecular flexibility index (Phi) is 3.06. The highest BCUT2D eigenvalue weighted by Gasteiger charge is 2.14. The number of fused-ring (bicyclic) bond motifs is 1. The molecule has 1 aromatic carbocycles. The molecule has 0 spiro atoms. The lowest BCUT2D eigenvalue weighted by Gasteiger charge is -2.08. The molecule has 2 heterocycles. The number of aryl methyl sites for hydroxylation is 1. The predicted molar refractivity (Wildman–Crippen MR) is 75.5 cm³/mol. The Bertz CT molecular complexity index is 892. The molecule has 6 nitrogen and oxygen atoms in total. The van der Waals surface area contributed by atoms with Crippen molar-refractivity contribution in [1.82, 2.24) is 9.78 Å². The molecule has 0 unspecified atom stereocenters. The Hall–Kier alpha value is -2.89. The zero-order valence-corrected chi connectivity index (χ0v) is 11.2. The minimum Gasteiger partial charge on any atom is -0.475 e. The van der Waals surface area contributed by atoms with E-state index in [1.807, 2.05) is 6.07 Å². The second-order valence-electron chi connectivity index (χ2n) is 4.68. The van der Waals surface area contributed by atoms with Crippen LogP contribution in [-0.4, -0.2) is 20.9 Å². The molecule has 0 amide bonds. The molecule has 6 heteroatoms. The van der Waals surface area contributed by atoms with E-state index in [0.29, 0.717) is 28.8 Å². The topological polar surface area (TPSA) is 85.3 Å². The number of para-hydroxylation sites is 1. The van der Waals surface area contributed by atoms with Gasteiger partial charge in [-0.05, 0) is 25.1 Å². The molecule has 1 N–H and O–H groups in total. The monoisotopic (exact) mass is 284 g/mol. The number of nitrogens with zero attached hydrogens (tertiary/aromatic N) is 2. The molecule has 0 radical (unpaired) electrons. The molecule has 0 fully saturated rings. The highest BCUT2D eigenvalue weighted by molar-refractivity contribution is 5.84. The van der Waals surface area contributed by atoms with Crippen molar-refractivity contribution in [2.24, 2.45) is 0 Å². The van der Waals surface area contributed by atoms with E-state index in [2.05, 4.69) is 5.10 Å². The summed E-state index contributed by atoms with van der Waals surface area (Å²) >= 11 is 0. The van der Waals surface area contributed by atoms with E-state index < -0.39 is 5.97 Å². The average Bonchev–Trinajstić information content (AvgIpc) is 2.84. The SMILES string of the molecule is Cc1oc(C(=O)O)cc1Cn1ncc(=O)c2ccccc21. The Balaban J connectivity index is 2.09. The maximum Gasteiger partial charge on any atom is 0.371 e. The number of carboxylic acid groups (broad SMARTS) is 1. The lowest BCUT2D eigenvalue weighted by molar-refractivity contribution is 0.0661. The summed E-state index contributed by atoms with van der Waals surface area (Å²) in [6, 6.07) is 8.63. The van der Waals surface area contributed by atoms with Gasteiger partial charge in [0.25, 0.3) is 0 Å². The fourth-order valence-electron chi connectivity index (χ4n) is 2.23. The van der Waals surface area contributed by atoms with Gasteiger partial charge in [-0.25, -0.2) is 4.79 Å². The van der Waals surface area contributed by atoms with Gasteiger partial charge in [-0.3, -0.25) is 9.48 Å². The van der Waals surface area contributed by atoms with Gasteiger partial charge in [-0.1, -0.05) is 12.1 Å². The third kappa shape index (κ3) is 2.31. The van der Waals surface area contributed by atoms with Crippen molar-refractivity contribution in [3.05, 3.63) is 63.8 Å². The Morgan fingerprint density at radius 1 is 1.38 bits per heavy atom. The number of hydrogen-bond donors (Lipinski definition) is 1. The van der Waals surface area contributed by atoms with Crippen LogP contribution in [-0.2, 0) is 6.54 Å². The van der Waals surface area contributed by atoms with Crippen molar-refractivity contribution in [2.45, 2.75) is 13.5 Å². The molecule has 3 rings (SSSR count). The summed E-state index contributed by atoms with van der Waals surface area (Å²) < 4.78 is 6.83. The van der Waals surface area contributed by atoms with Crippen LogP contribution in [0.2, 0.25) is 0 Å². The lowest BCUT2D eigenvalue weighted by Crippen LogP contribution is -2.13. The second-order valence-corrected chi connectivity index (χ2v) is 4.68. The van der Waals surface area contributed by atoms with Crippen molar-refractivity contribution in [1.29, 1.82) is 0 Å². The predicted octanol–water partition coefficient (Wildman–Crippen LogP) is 2.04. The molecule has 3 aromatic rings.